The minimum absolute atomic E-state index is 0.258. The molecule has 1 heterocycles. The zero-order valence-electron chi connectivity index (χ0n) is 10.3. The van der Waals surface area contributed by atoms with E-state index in [1.165, 1.54) is 11.0 Å². The van der Waals surface area contributed by atoms with E-state index in [0.717, 1.165) is 5.75 Å². The summed E-state index contributed by atoms with van der Waals surface area (Å²) in [6.45, 7) is 0.551. The van der Waals surface area contributed by atoms with Gasteiger partial charge in [0.2, 0.25) is 5.56 Å². The molecule has 1 aromatic carbocycles. The molecule has 1 aromatic heterocycles. The van der Waals surface area contributed by atoms with E-state index >= 15 is 0 Å². The molecule has 5 heteroatoms. The van der Waals surface area contributed by atoms with Gasteiger partial charge in [-0.1, -0.05) is 24.3 Å². The number of hydrogen-bond donors (Lipinski definition) is 2. The van der Waals surface area contributed by atoms with E-state index < -0.39 is 0 Å². The van der Waals surface area contributed by atoms with E-state index in [4.69, 9.17) is 0 Å². The molecule has 0 saturated carbocycles. The van der Waals surface area contributed by atoms with Crippen molar-refractivity contribution in [3.05, 3.63) is 64.6 Å². The summed E-state index contributed by atoms with van der Waals surface area (Å²) in [7, 11) is 0. The maximum atomic E-state index is 11.7. The Morgan fingerprint density at radius 1 is 1.11 bits per heavy atom. The van der Waals surface area contributed by atoms with Crippen LogP contribution in [-0.4, -0.2) is 23.2 Å². The van der Waals surface area contributed by atoms with Gasteiger partial charge in [0, 0.05) is 23.3 Å². The second kappa shape index (κ2) is 6.80. The van der Waals surface area contributed by atoms with Gasteiger partial charge in [0.25, 0.3) is 5.91 Å². The lowest BCUT2D eigenvalue weighted by Crippen LogP contribution is -2.28. The number of pyridine rings is 1. The average Bonchev–Trinajstić information content (AvgIpc) is 2.44. The molecular formula is C14H14N2O2S. The normalized spacial score (nSPS) is 10.1. The number of amides is 1. The Morgan fingerprint density at radius 2 is 1.89 bits per heavy atom. The van der Waals surface area contributed by atoms with Crippen LogP contribution < -0.4 is 10.9 Å². The molecule has 0 saturated heterocycles. The third-order valence-corrected chi connectivity index (χ3v) is 3.43. The average molecular weight is 274 g/mol. The van der Waals surface area contributed by atoms with Crippen LogP contribution in [0.1, 0.15) is 10.5 Å². The molecule has 1 amide bonds. The van der Waals surface area contributed by atoms with E-state index in [-0.39, 0.29) is 17.2 Å². The van der Waals surface area contributed by atoms with Crippen molar-refractivity contribution in [2.24, 2.45) is 0 Å². The Bertz CT molecular complexity index is 596. The van der Waals surface area contributed by atoms with Crippen LogP contribution in [0, 0.1) is 0 Å². The summed E-state index contributed by atoms with van der Waals surface area (Å²) in [5, 5.41) is 2.77. The predicted octanol–water partition coefficient (Wildman–Crippen LogP) is 1.90. The summed E-state index contributed by atoms with van der Waals surface area (Å²) in [6.07, 6.45) is 0. The van der Waals surface area contributed by atoms with Crippen molar-refractivity contribution in [1.29, 1.82) is 0 Å². The lowest BCUT2D eigenvalue weighted by Gasteiger charge is -2.04. The topological polar surface area (TPSA) is 62.0 Å². The third-order valence-electron chi connectivity index (χ3n) is 2.41. The molecule has 2 N–H and O–H groups in total. The van der Waals surface area contributed by atoms with Crippen molar-refractivity contribution in [2.45, 2.75) is 4.90 Å². The molecule has 0 aliphatic carbocycles. The summed E-state index contributed by atoms with van der Waals surface area (Å²) in [6, 6.07) is 14.5. The number of aromatic nitrogens is 1. The molecule has 2 aromatic rings. The molecule has 0 spiro atoms. The maximum Gasteiger partial charge on any atom is 0.267 e. The molecule has 19 heavy (non-hydrogen) atoms. The van der Waals surface area contributed by atoms with Crippen molar-refractivity contribution in [3.8, 4) is 0 Å². The number of rotatable bonds is 5. The van der Waals surface area contributed by atoms with Crippen LogP contribution >= 0.6 is 11.8 Å². The van der Waals surface area contributed by atoms with Crippen LogP contribution in [0.15, 0.2) is 58.2 Å². The number of benzene rings is 1. The van der Waals surface area contributed by atoms with Crippen LogP contribution in [-0.2, 0) is 0 Å². The van der Waals surface area contributed by atoms with Gasteiger partial charge < -0.3 is 10.3 Å². The van der Waals surface area contributed by atoms with Gasteiger partial charge >= 0.3 is 0 Å². The minimum Gasteiger partial charge on any atom is -0.350 e. The van der Waals surface area contributed by atoms with Gasteiger partial charge in [-0.2, -0.15) is 0 Å². The monoisotopic (exact) mass is 274 g/mol. The maximum absolute atomic E-state index is 11.7. The van der Waals surface area contributed by atoms with E-state index in [9.17, 15) is 9.59 Å². The first-order valence-electron chi connectivity index (χ1n) is 5.91. The molecular weight excluding hydrogens is 260 g/mol. The SMILES string of the molecule is O=C(NCCSc1ccccc1)c1cccc(=O)[nH]1. The standard InChI is InChI=1S/C14H14N2O2S/c17-13-8-4-7-12(16-13)14(18)15-9-10-19-11-5-2-1-3-6-11/h1-8H,9-10H2,(H,15,18)(H,16,17). The first kappa shape index (κ1) is 13.4. The van der Waals surface area contributed by atoms with E-state index in [1.807, 2.05) is 30.3 Å². The summed E-state index contributed by atoms with van der Waals surface area (Å²) in [5.74, 6) is 0.527. The molecule has 0 aliphatic rings. The summed E-state index contributed by atoms with van der Waals surface area (Å²) in [5.41, 5.74) is 0.0171. The van der Waals surface area contributed by atoms with Crippen LogP contribution in [0.3, 0.4) is 0 Å². The number of hydrogen-bond acceptors (Lipinski definition) is 3. The lowest BCUT2D eigenvalue weighted by molar-refractivity contribution is 0.0951. The zero-order chi connectivity index (χ0) is 13.5. The summed E-state index contributed by atoms with van der Waals surface area (Å²) in [4.78, 5) is 26.5. The highest BCUT2D eigenvalue weighted by atomic mass is 32.2. The van der Waals surface area contributed by atoms with Crippen molar-refractivity contribution < 1.29 is 4.79 Å². The Balaban J connectivity index is 1.77. The Hall–Kier alpha value is -2.01. The molecule has 0 radical (unpaired) electrons. The largest absolute Gasteiger partial charge is 0.350 e. The third kappa shape index (κ3) is 4.30. The second-order valence-electron chi connectivity index (χ2n) is 3.85. The molecule has 0 fully saturated rings. The Labute approximate surface area is 115 Å². The van der Waals surface area contributed by atoms with Crippen molar-refractivity contribution in [2.75, 3.05) is 12.3 Å². The van der Waals surface area contributed by atoms with Gasteiger partial charge in [-0.3, -0.25) is 9.59 Å². The number of nitrogens with one attached hydrogen (secondary N) is 2. The zero-order valence-corrected chi connectivity index (χ0v) is 11.1. The van der Waals surface area contributed by atoms with Gasteiger partial charge in [0.15, 0.2) is 0 Å². The van der Waals surface area contributed by atoms with Gasteiger partial charge in [-0.15, -0.1) is 11.8 Å². The first-order valence-corrected chi connectivity index (χ1v) is 6.89. The quantitative estimate of drug-likeness (QED) is 0.646. The highest BCUT2D eigenvalue weighted by Crippen LogP contribution is 2.15. The molecule has 98 valence electrons. The van der Waals surface area contributed by atoms with Crippen LogP contribution in [0.2, 0.25) is 0 Å². The second-order valence-corrected chi connectivity index (χ2v) is 5.01. The van der Waals surface area contributed by atoms with Gasteiger partial charge in [0.05, 0.1) is 0 Å². The van der Waals surface area contributed by atoms with E-state index in [0.29, 0.717) is 6.54 Å². The number of carbonyl (C=O) groups excluding carboxylic acids is 1. The van der Waals surface area contributed by atoms with Crippen molar-refractivity contribution in [3.63, 3.8) is 0 Å². The number of carbonyl (C=O) groups is 1. The van der Waals surface area contributed by atoms with Gasteiger partial charge in [-0.25, -0.2) is 0 Å². The van der Waals surface area contributed by atoms with Crippen LogP contribution in [0.5, 0.6) is 0 Å². The first-order chi connectivity index (χ1) is 9.25. The fraction of sp³-hybridized carbons (Fsp3) is 0.143. The summed E-state index contributed by atoms with van der Waals surface area (Å²) < 4.78 is 0. The molecule has 0 atom stereocenters. The Kier molecular flexibility index (Phi) is 4.80. The molecule has 0 bridgehead atoms. The fourth-order valence-electron chi connectivity index (χ4n) is 1.53. The molecule has 0 aliphatic heterocycles. The van der Waals surface area contributed by atoms with Gasteiger partial charge in [0.1, 0.15) is 5.69 Å². The smallest absolute Gasteiger partial charge is 0.267 e. The van der Waals surface area contributed by atoms with E-state index in [1.54, 1.807) is 23.9 Å². The molecule has 2 rings (SSSR count). The lowest BCUT2D eigenvalue weighted by atomic mass is 10.3. The highest BCUT2D eigenvalue weighted by molar-refractivity contribution is 7.99. The highest BCUT2D eigenvalue weighted by Gasteiger charge is 2.04. The predicted molar refractivity (Wildman–Crippen MR) is 76.6 cm³/mol. The van der Waals surface area contributed by atoms with Crippen LogP contribution in [0.25, 0.3) is 0 Å². The number of thioether (sulfide) groups is 1. The minimum atomic E-state index is -0.272. The Morgan fingerprint density at radius 3 is 2.63 bits per heavy atom. The molecule has 4 nitrogen and oxygen atoms in total. The summed E-state index contributed by atoms with van der Waals surface area (Å²) >= 11 is 1.67. The molecule has 0 unspecified atom stereocenters. The number of H-pyrrole nitrogens is 1. The van der Waals surface area contributed by atoms with Crippen molar-refractivity contribution >= 4 is 17.7 Å². The van der Waals surface area contributed by atoms with E-state index in [2.05, 4.69) is 10.3 Å². The van der Waals surface area contributed by atoms with Crippen LogP contribution in [0.4, 0.5) is 0 Å². The fourth-order valence-corrected chi connectivity index (χ4v) is 2.32. The van der Waals surface area contributed by atoms with Gasteiger partial charge in [-0.05, 0) is 18.2 Å². The van der Waals surface area contributed by atoms with Crippen molar-refractivity contribution in [1.82, 2.24) is 10.3 Å². The number of aromatic amines is 1.